The van der Waals surface area contributed by atoms with E-state index in [0.717, 1.165) is 0 Å². The lowest BCUT2D eigenvalue weighted by molar-refractivity contribution is -0.236. The zero-order chi connectivity index (χ0) is 10.1. The van der Waals surface area contributed by atoms with E-state index in [1.165, 1.54) is 0 Å². The molecule has 0 spiro atoms. The highest BCUT2D eigenvalue weighted by Crippen LogP contribution is 2.31. The minimum Gasteiger partial charge on any atom is -0.481 e. The summed E-state index contributed by atoms with van der Waals surface area (Å²) in [4.78, 5) is 10.3. The van der Waals surface area contributed by atoms with Crippen LogP contribution in [0.15, 0.2) is 0 Å². The Morgan fingerprint density at radius 3 is 2.31 bits per heavy atom. The van der Waals surface area contributed by atoms with Gasteiger partial charge in [-0.3, -0.25) is 4.79 Å². The van der Waals surface area contributed by atoms with Gasteiger partial charge in [-0.25, -0.2) is 0 Å². The predicted octanol–water partition coefficient (Wildman–Crippen LogP) is 1.43. The van der Waals surface area contributed by atoms with Crippen molar-refractivity contribution < 1.29 is 27.8 Å². The maximum absolute atomic E-state index is 12.0. The molecular weight excluding hydrogens is 189 g/mol. The lowest BCUT2D eigenvalue weighted by Gasteiger charge is -2.28. The van der Waals surface area contributed by atoms with Crippen molar-refractivity contribution in [3.63, 3.8) is 0 Å². The smallest absolute Gasteiger partial charge is 0.414 e. The summed E-state index contributed by atoms with van der Waals surface area (Å²) in [5, 5.41) is 8.47. The number of aliphatic carboxylic acids is 1. The van der Waals surface area contributed by atoms with Crippen molar-refractivity contribution in [3.8, 4) is 0 Å². The van der Waals surface area contributed by atoms with E-state index in [2.05, 4.69) is 4.74 Å². The van der Waals surface area contributed by atoms with Crippen molar-refractivity contribution in [1.29, 1.82) is 0 Å². The van der Waals surface area contributed by atoms with Gasteiger partial charge in [-0.15, -0.1) is 0 Å². The normalized spacial score (nSPS) is 30.1. The van der Waals surface area contributed by atoms with Crippen LogP contribution in [0.1, 0.15) is 12.8 Å². The molecule has 0 bridgehead atoms. The van der Waals surface area contributed by atoms with Gasteiger partial charge in [-0.1, -0.05) is 0 Å². The third kappa shape index (κ3) is 2.58. The molecule has 2 atom stereocenters. The fourth-order valence-electron chi connectivity index (χ4n) is 1.20. The molecule has 0 unspecified atom stereocenters. The summed E-state index contributed by atoms with van der Waals surface area (Å²) >= 11 is 0. The van der Waals surface area contributed by atoms with E-state index in [9.17, 15) is 18.0 Å². The van der Waals surface area contributed by atoms with Gasteiger partial charge in [0.15, 0.2) is 6.10 Å². The maximum Gasteiger partial charge on any atom is 0.414 e. The molecular formula is C7H9F3O3. The van der Waals surface area contributed by atoms with Gasteiger partial charge in [0.2, 0.25) is 0 Å². The molecule has 0 amide bonds. The summed E-state index contributed by atoms with van der Waals surface area (Å²) in [6.07, 6.45) is -6.40. The predicted molar refractivity (Wildman–Crippen MR) is 36.2 cm³/mol. The van der Waals surface area contributed by atoms with Gasteiger partial charge in [0.25, 0.3) is 0 Å². The highest BCUT2D eigenvalue weighted by molar-refractivity contribution is 5.70. The Hall–Kier alpha value is -0.780. The van der Waals surface area contributed by atoms with E-state index in [-0.39, 0.29) is 19.4 Å². The first kappa shape index (κ1) is 10.3. The van der Waals surface area contributed by atoms with Crippen molar-refractivity contribution in [3.05, 3.63) is 0 Å². The Bertz CT molecular complexity index is 194. The van der Waals surface area contributed by atoms with Crippen LogP contribution in [0.5, 0.6) is 0 Å². The number of carboxylic acids is 1. The first-order valence-corrected chi connectivity index (χ1v) is 3.82. The molecule has 1 aliphatic rings. The van der Waals surface area contributed by atoms with E-state index in [1.54, 1.807) is 0 Å². The van der Waals surface area contributed by atoms with Crippen LogP contribution in [0.2, 0.25) is 0 Å². The number of carbonyl (C=O) groups is 1. The van der Waals surface area contributed by atoms with E-state index >= 15 is 0 Å². The molecule has 76 valence electrons. The van der Waals surface area contributed by atoms with Gasteiger partial charge in [-0.05, 0) is 12.8 Å². The van der Waals surface area contributed by atoms with Crippen LogP contribution in [0, 0.1) is 5.92 Å². The topological polar surface area (TPSA) is 46.5 Å². The molecule has 0 aromatic heterocycles. The van der Waals surface area contributed by atoms with Crippen molar-refractivity contribution in [2.75, 3.05) is 6.61 Å². The zero-order valence-corrected chi connectivity index (χ0v) is 6.67. The van der Waals surface area contributed by atoms with Crippen LogP contribution < -0.4 is 0 Å². The molecule has 6 heteroatoms. The molecule has 0 aromatic carbocycles. The summed E-state index contributed by atoms with van der Waals surface area (Å²) in [6.45, 7) is -0.348. The lowest BCUT2D eigenvalue weighted by atomic mass is 9.98. The number of alkyl halides is 3. The molecule has 0 aliphatic carbocycles. The number of hydrogen-bond donors (Lipinski definition) is 1. The highest BCUT2D eigenvalue weighted by atomic mass is 19.4. The first-order valence-electron chi connectivity index (χ1n) is 3.82. The number of rotatable bonds is 1. The van der Waals surface area contributed by atoms with Crippen molar-refractivity contribution in [1.82, 2.24) is 0 Å². The van der Waals surface area contributed by atoms with E-state index < -0.39 is 24.2 Å². The fraction of sp³-hybridized carbons (Fsp3) is 0.857. The first-order chi connectivity index (χ1) is 5.91. The van der Waals surface area contributed by atoms with Crippen LogP contribution in [0.25, 0.3) is 0 Å². The van der Waals surface area contributed by atoms with Gasteiger partial charge >= 0.3 is 12.1 Å². The number of ether oxygens (including phenoxy) is 1. The van der Waals surface area contributed by atoms with Gasteiger partial charge in [0.05, 0.1) is 12.5 Å². The Balaban J connectivity index is 2.44. The average molecular weight is 198 g/mol. The second kappa shape index (κ2) is 3.53. The monoisotopic (exact) mass is 198 g/mol. The average Bonchev–Trinajstić information content (AvgIpc) is 2.03. The quantitative estimate of drug-likeness (QED) is 0.693. The van der Waals surface area contributed by atoms with Crippen LogP contribution in [0.3, 0.4) is 0 Å². The molecule has 1 heterocycles. The number of halogens is 3. The maximum atomic E-state index is 12.0. The minimum atomic E-state index is -4.37. The van der Waals surface area contributed by atoms with Crippen molar-refractivity contribution in [2.45, 2.75) is 25.1 Å². The molecule has 13 heavy (non-hydrogen) atoms. The van der Waals surface area contributed by atoms with Crippen molar-refractivity contribution in [2.24, 2.45) is 5.92 Å². The Morgan fingerprint density at radius 2 is 2.00 bits per heavy atom. The van der Waals surface area contributed by atoms with Gasteiger partial charge in [0, 0.05) is 0 Å². The lowest BCUT2D eigenvalue weighted by Crippen LogP contribution is -2.39. The largest absolute Gasteiger partial charge is 0.481 e. The summed E-state index contributed by atoms with van der Waals surface area (Å²) in [5.74, 6) is -1.89. The van der Waals surface area contributed by atoms with Crippen LogP contribution in [-0.4, -0.2) is 30.0 Å². The highest BCUT2D eigenvalue weighted by Gasteiger charge is 2.43. The van der Waals surface area contributed by atoms with Crippen LogP contribution in [-0.2, 0) is 9.53 Å². The molecule has 3 nitrogen and oxygen atoms in total. The molecule has 1 saturated heterocycles. The summed E-state index contributed by atoms with van der Waals surface area (Å²) in [7, 11) is 0. The van der Waals surface area contributed by atoms with Crippen molar-refractivity contribution >= 4 is 5.97 Å². The Kier molecular flexibility index (Phi) is 2.80. The van der Waals surface area contributed by atoms with E-state index in [4.69, 9.17) is 5.11 Å². The number of hydrogen-bond acceptors (Lipinski definition) is 2. The molecule has 0 saturated carbocycles. The molecule has 0 radical (unpaired) electrons. The standard InChI is InChI=1S/C7H9F3O3/c8-7(9,10)5-2-1-4(3-13-5)6(11)12/h4-5H,1-3H2,(H,11,12)/t4-,5+/m0/s1. The molecule has 1 fully saturated rings. The molecule has 1 N–H and O–H groups in total. The van der Waals surface area contributed by atoms with Gasteiger partial charge in [-0.2, -0.15) is 13.2 Å². The summed E-state index contributed by atoms with van der Waals surface area (Å²) in [6, 6.07) is 0. The summed E-state index contributed by atoms with van der Waals surface area (Å²) in [5.41, 5.74) is 0. The Labute approximate surface area is 72.5 Å². The Morgan fingerprint density at radius 1 is 1.38 bits per heavy atom. The molecule has 1 aliphatic heterocycles. The van der Waals surface area contributed by atoms with E-state index in [0.29, 0.717) is 0 Å². The van der Waals surface area contributed by atoms with Gasteiger partial charge < -0.3 is 9.84 Å². The van der Waals surface area contributed by atoms with Gasteiger partial charge in [0.1, 0.15) is 0 Å². The minimum absolute atomic E-state index is 0.0273. The summed E-state index contributed by atoms with van der Waals surface area (Å²) < 4.78 is 40.4. The van der Waals surface area contributed by atoms with Crippen LogP contribution >= 0.6 is 0 Å². The third-order valence-electron chi connectivity index (χ3n) is 1.99. The van der Waals surface area contributed by atoms with E-state index in [1.807, 2.05) is 0 Å². The second-order valence-electron chi connectivity index (χ2n) is 2.98. The molecule has 0 aromatic rings. The third-order valence-corrected chi connectivity index (χ3v) is 1.99. The second-order valence-corrected chi connectivity index (χ2v) is 2.98. The zero-order valence-electron chi connectivity index (χ0n) is 6.67. The SMILES string of the molecule is O=C(O)[C@H]1CC[C@H](C(F)(F)F)OC1. The number of carboxylic acid groups (broad SMARTS) is 1. The molecule has 1 rings (SSSR count). The fourth-order valence-corrected chi connectivity index (χ4v) is 1.20. The van der Waals surface area contributed by atoms with Crippen LogP contribution in [0.4, 0.5) is 13.2 Å².